The number of imidazole rings is 1. The number of rotatable bonds is 8. The molecule has 0 atom stereocenters. The summed E-state index contributed by atoms with van der Waals surface area (Å²) in [6.07, 6.45) is 3.30. The van der Waals surface area contributed by atoms with Crippen molar-refractivity contribution in [1.29, 1.82) is 0 Å². The third-order valence-corrected chi connectivity index (χ3v) is 6.73. The van der Waals surface area contributed by atoms with Gasteiger partial charge in [0.2, 0.25) is 15.0 Å². The van der Waals surface area contributed by atoms with Gasteiger partial charge in [-0.1, -0.05) is 24.3 Å². The van der Waals surface area contributed by atoms with Gasteiger partial charge < -0.3 is 4.57 Å². The van der Waals surface area contributed by atoms with Crippen molar-refractivity contribution in [2.24, 2.45) is 0 Å². The van der Waals surface area contributed by atoms with Crippen LogP contribution in [0, 0.1) is 5.82 Å². The zero-order valence-corrected chi connectivity index (χ0v) is 17.6. The summed E-state index contributed by atoms with van der Waals surface area (Å²) >= 11 is 0. The van der Waals surface area contributed by atoms with E-state index in [1.807, 2.05) is 30.1 Å². The molecular formula is C21H25FN4O2S. The topological polar surface area (TPSA) is 68.1 Å². The first-order chi connectivity index (χ1) is 13.8. The van der Waals surface area contributed by atoms with Gasteiger partial charge in [-0.25, -0.2) is 17.8 Å². The maximum absolute atomic E-state index is 14.2. The summed E-state index contributed by atoms with van der Waals surface area (Å²) < 4.78 is 41.5. The highest BCUT2D eigenvalue weighted by molar-refractivity contribution is 7.91. The summed E-state index contributed by atoms with van der Waals surface area (Å²) in [6, 6.07) is 12.1. The van der Waals surface area contributed by atoms with Gasteiger partial charge in [0.05, 0.1) is 29.4 Å². The van der Waals surface area contributed by atoms with Crippen LogP contribution in [0.4, 0.5) is 4.39 Å². The van der Waals surface area contributed by atoms with Crippen molar-refractivity contribution >= 4 is 9.84 Å². The van der Waals surface area contributed by atoms with Crippen molar-refractivity contribution in [3.05, 3.63) is 77.6 Å². The number of hydrogen-bond acceptors (Lipinski definition) is 5. The van der Waals surface area contributed by atoms with Crippen molar-refractivity contribution in [3.8, 4) is 0 Å². The van der Waals surface area contributed by atoms with Gasteiger partial charge in [-0.2, -0.15) is 0 Å². The first kappa shape index (κ1) is 21.1. The summed E-state index contributed by atoms with van der Waals surface area (Å²) in [7, 11) is -1.69. The first-order valence-electron chi connectivity index (χ1n) is 9.39. The molecule has 0 N–H and O–H groups in total. The monoisotopic (exact) mass is 416 g/mol. The van der Waals surface area contributed by atoms with Gasteiger partial charge >= 0.3 is 0 Å². The molecule has 8 heteroatoms. The van der Waals surface area contributed by atoms with Gasteiger partial charge in [0.25, 0.3) is 0 Å². The molecule has 0 saturated carbocycles. The maximum atomic E-state index is 14.2. The van der Waals surface area contributed by atoms with E-state index in [-0.39, 0.29) is 17.5 Å². The Labute approximate surface area is 171 Å². The molecule has 0 unspecified atom stereocenters. The van der Waals surface area contributed by atoms with Crippen LogP contribution in [0.15, 0.2) is 60.0 Å². The lowest BCUT2D eigenvalue weighted by molar-refractivity contribution is 0.305. The number of hydrogen-bond donors (Lipinski definition) is 0. The molecule has 0 amide bonds. The number of aromatic nitrogens is 3. The van der Waals surface area contributed by atoms with E-state index in [0.29, 0.717) is 24.3 Å². The summed E-state index contributed by atoms with van der Waals surface area (Å²) in [4.78, 5) is 10.5. The van der Waals surface area contributed by atoms with Crippen LogP contribution in [0.25, 0.3) is 0 Å². The van der Waals surface area contributed by atoms with E-state index < -0.39 is 15.1 Å². The minimum Gasteiger partial charge on any atom is -0.313 e. The average molecular weight is 417 g/mol. The van der Waals surface area contributed by atoms with E-state index in [4.69, 9.17) is 0 Å². The van der Waals surface area contributed by atoms with Gasteiger partial charge in [0.15, 0.2) is 0 Å². The molecule has 154 valence electrons. The van der Waals surface area contributed by atoms with Crippen LogP contribution >= 0.6 is 0 Å². The third-order valence-electron chi connectivity index (χ3n) is 4.65. The highest BCUT2D eigenvalue weighted by Gasteiger charge is 2.27. The highest BCUT2D eigenvalue weighted by Crippen LogP contribution is 2.21. The third kappa shape index (κ3) is 4.89. The SMILES string of the molecule is CC(C)S(=O)(=O)c1ncc(CN(C)Cc2ccccn2)n1Cc1ccccc1F. The number of pyridine rings is 1. The van der Waals surface area contributed by atoms with Crippen LogP contribution in [-0.2, 0) is 29.5 Å². The molecule has 0 saturated heterocycles. The lowest BCUT2D eigenvalue weighted by atomic mass is 10.2. The van der Waals surface area contributed by atoms with Crippen molar-refractivity contribution < 1.29 is 12.8 Å². The van der Waals surface area contributed by atoms with Gasteiger partial charge in [-0.15, -0.1) is 0 Å². The summed E-state index contributed by atoms with van der Waals surface area (Å²) in [5, 5.41) is -0.652. The molecule has 0 aliphatic heterocycles. The molecule has 29 heavy (non-hydrogen) atoms. The van der Waals surface area contributed by atoms with Crippen LogP contribution in [0.5, 0.6) is 0 Å². The Morgan fingerprint density at radius 1 is 1.07 bits per heavy atom. The number of nitrogens with zero attached hydrogens (tertiary/aromatic N) is 4. The molecule has 0 radical (unpaired) electrons. The van der Waals surface area contributed by atoms with Gasteiger partial charge in [-0.3, -0.25) is 9.88 Å². The molecule has 0 fully saturated rings. The second-order valence-corrected chi connectivity index (χ2v) is 9.69. The summed E-state index contributed by atoms with van der Waals surface area (Å²) in [5.41, 5.74) is 2.02. The van der Waals surface area contributed by atoms with Gasteiger partial charge in [-0.05, 0) is 39.1 Å². The molecule has 0 aliphatic carbocycles. The lowest BCUT2D eigenvalue weighted by Crippen LogP contribution is -2.24. The second kappa shape index (κ2) is 8.84. The van der Waals surface area contributed by atoms with Crippen LogP contribution in [0.2, 0.25) is 0 Å². The van der Waals surface area contributed by atoms with Crippen molar-refractivity contribution in [3.63, 3.8) is 0 Å². The predicted molar refractivity (Wildman–Crippen MR) is 109 cm³/mol. The first-order valence-corrected chi connectivity index (χ1v) is 10.9. The molecular weight excluding hydrogens is 391 g/mol. The van der Waals surface area contributed by atoms with E-state index in [1.165, 1.54) is 6.07 Å². The molecule has 2 heterocycles. The highest BCUT2D eigenvalue weighted by atomic mass is 32.2. The number of halogens is 1. The molecule has 0 spiro atoms. The van der Waals surface area contributed by atoms with Crippen LogP contribution in [0.1, 0.15) is 30.8 Å². The van der Waals surface area contributed by atoms with Crippen LogP contribution in [-0.4, -0.2) is 40.2 Å². The fraction of sp³-hybridized carbons (Fsp3) is 0.333. The Kier molecular flexibility index (Phi) is 6.44. The Morgan fingerprint density at radius 3 is 2.45 bits per heavy atom. The predicted octanol–water partition coefficient (Wildman–Crippen LogP) is 3.28. The molecule has 1 aromatic carbocycles. The van der Waals surface area contributed by atoms with Crippen LogP contribution < -0.4 is 0 Å². The fourth-order valence-electron chi connectivity index (χ4n) is 3.02. The summed E-state index contributed by atoms with van der Waals surface area (Å²) in [5.74, 6) is -0.373. The Balaban J connectivity index is 1.94. The molecule has 0 aliphatic rings. The van der Waals surface area contributed by atoms with E-state index in [0.717, 1.165) is 5.69 Å². The summed E-state index contributed by atoms with van der Waals surface area (Å²) in [6.45, 7) is 4.37. The van der Waals surface area contributed by atoms with E-state index in [9.17, 15) is 12.8 Å². The molecule has 0 bridgehead atoms. The number of sulfone groups is 1. The second-order valence-electron chi connectivity index (χ2n) is 7.30. The van der Waals surface area contributed by atoms with E-state index in [1.54, 1.807) is 49.0 Å². The fourth-order valence-corrected chi connectivity index (χ4v) is 4.13. The normalized spacial score (nSPS) is 12.1. The van der Waals surface area contributed by atoms with E-state index in [2.05, 4.69) is 9.97 Å². The van der Waals surface area contributed by atoms with Crippen LogP contribution in [0.3, 0.4) is 0 Å². The zero-order chi connectivity index (χ0) is 21.0. The molecule has 3 aromatic rings. The smallest absolute Gasteiger partial charge is 0.228 e. The minimum atomic E-state index is -3.62. The number of benzene rings is 1. The van der Waals surface area contributed by atoms with Crippen molar-refractivity contribution in [2.75, 3.05) is 7.05 Å². The van der Waals surface area contributed by atoms with Crippen molar-refractivity contribution in [2.45, 2.75) is 43.9 Å². The maximum Gasteiger partial charge on any atom is 0.228 e. The zero-order valence-electron chi connectivity index (χ0n) is 16.8. The lowest BCUT2D eigenvalue weighted by Gasteiger charge is -2.19. The van der Waals surface area contributed by atoms with E-state index >= 15 is 0 Å². The molecule has 3 rings (SSSR count). The minimum absolute atomic E-state index is 0.0306. The Hall–Kier alpha value is -2.58. The molecule has 2 aromatic heterocycles. The van der Waals surface area contributed by atoms with Gasteiger partial charge in [0, 0.05) is 24.8 Å². The molecule has 6 nitrogen and oxygen atoms in total. The standard InChI is InChI=1S/C21H25FN4O2S/c1-16(2)29(27,28)21-24-12-19(15-25(3)14-18-9-6-7-11-23-18)26(21)13-17-8-4-5-10-20(17)22/h4-12,16H,13-15H2,1-3H3. The van der Waals surface area contributed by atoms with Gasteiger partial charge in [0.1, 0.15) is 5.82 Å². The largest absolute Gasteiger partial charge is 0.313 e. The quantitative estimate of drug-likeness (QED) is 0.564. The average Bonchev–Trinajstić information content (AvgIpc) is 3.07. The Morgan fingerprint density at radius 2 is 1.79 bits per heavy atom. The van der Waals surface area contributed by atoms with Crippen molar-refractivity contribution in [1.82, 2.24) is 19.4 Å². The Bertz CT molecular complexity index is 1070.